The highest BCUT2D eigenvalue weighted by Gasteiger charge is 2.15. The molecule has 0 bridgehead atoms. The molecule has 0 heterocycles. The van der Waals surface area contributed by atoms with E-state index in [0.29, 0.717) is 4.83 Å². The molecule has 0 aliphatic heterocycles. The first-order valence-corrected chi connectivity index (χ1v) is 6.52. The van der Waals surface area contributed by atoms with Crippen molar-refractivity contribution >= 4 is 21.8 Å². The van der Waals surface area contributed by atoms with Crippen LogP contribution in [0, 0.1) is 12.7 Å². The first kappa shape index (κ1) is 14.2. The molecule has 0 radical (unpaired) electrons. The van der Waals surface area contributed by atoms with Crippen molar-refractivity contribution < 1.29 is 9.18 Å². The average molecular weight is 302 g/mol. The number of hydrogen-bond donors (Lipinski definition) is 1. The number of nitrogens with one attached hydrogen (secondary N) is 1. The van der Waals surface area contributed by atoms with Crippen LogP contribution >= 0.6 is 15.9 Å². The van der Waals surface area contributed by atoms with Crippen LogP contribution in [-0.2, 0) is 0 Å². The number of aryl methyl sites for hydroxylation is 1. The lowest BCUT2D eigenvalue weighted by atomic mass is 10.1. The minimum atomic E-state index is -0.479. The van der Waals surface area contributed by atoms with Crippen molar-refractivity contribution in [2.75, 3.05) is 0 Å². The minimum absolute atomic E-state index is 0.0109. The Kier molecular flexibility index (Phi) is 5.12. The predicted octanol–water partition coefficient (Wildman–Crippen LogP) is 3.43. The number of carbonyl (C=O) groups excluding carboxylic acids is 1. The molecule has 0 aliphatic rings. The van der Waals surface area contributed by atoms with Gasteiger partial charge in [0.25, 0.3) is 5.91 Å². The quantitative estimate of drug-likeness (QED) is 0.848. The summed E-state index contributed by atoms with van der Waals surface area (Å²) in [6.45, 7) is 5.75. The lowest BCUT2D eigenvalue weighted by molar-refractivity contribution is 0.0934. The smallest absolute Gasteiger partial charge is 0.254 e. The van der Waals surface area contributed by atoms with E-state index in [1.165, 1.54) is 6.07 Å². The number of alkyl halides is 1. The third-order valence-corrected chi connectivity index (χ3v) is 2.80. The maximum Gasteiger partial charge on any atom is 0.254 e. The van der Waals surface area contributed by atoms with Gasteiger partial charge in [-0.05, 0) is 32.4 Å². The number of carbonyl (C=O) groups is 1. The van der Waals surface area contributed by atoms with Gasteiger partial charge in [0.05, 0.1) is 5.56 Å². The Hall–Kier alpha value is -0.900. The molecule has 0 spiro atoms. The van der Waals surface area contributed by atoms with Gasteiger partial charge in [-0.1, -0.05) is 34.5 Å². The Morgan fingerprint density at radius 2 is 2.12 bits per heavy atom. The van der Waals surface area contributed by atoms with Crippen LogP contribution in [0.3, 0.4) is 0 Å². The molecule has 0 saturated heterocycles. The second-order valence-electron chi connectivity index (χ2n) is 4.37. The molecule has 17 heavy (non-hydrogen) atoms. The van der Waals surface area contributed by atoms with Gasteiger partial charge < -0.3 is 5.32 Å². The molecule has 94 valence electrons. The summed E-state index contributed by atoms with van der Waals surface area (Å²) in [4.78, 5) is 12.2. The average Bonchev–Trinajstić information content (AvgIpc) is 2.20. The van der Waals surface area contributed by atoms with Crippen LogP contribution < -0.4 is 5.32 Å². The summed E-state index contributed by atoms with van der Waals surface area (Å²) in [7, 11) is 0. The van der Waals surface area contributed by atoms with E-state index in [1.54, 1.807) is 12.1 Å². The van der Waals surface area contributed by atoms with Gasteiger partial charge >= 0.3 is 0 Å². The van der Waals surface area contributed by atoms with Crippen LogP contribution in [0.2, 0.25) is 0 Å². The highest BCUT2D eigenvalue weighted by atomic mass is 79.9. The highest BCUT2D eigenvalue weighted by molar-refractivity contribution is 9.09. The summed E-state index contributed by atoms with van der Waals surface area (Å²) < 4.78 is 13.5. The van der Waals surface area contributed by atoms with Gasteiger partial charge in [-0.15, -0.1) is 0 Å². The first-order valence-electron chi connectivity index (χ1n) is 5.61. The normalized spacial score (nSPS) is 14.2. The molecule has 0 fully saturated rings. The fourth-order valence-corrected chi connectivity index (χ4v) is 2.22. The maximum absolute atomic E-state index is 13.5. The Labute approximate surface area is 110 Å². The third kappa shape index (κ3) is 4.46. The lowest BCUT2D eigenvalue weighted by Gasteiger charge is -2.15. The molecule has 4 heteroatoms. The number of rotatable bonds is 4. The molecule has 0 saturated carbocycles. The van der Waals surface area contributed by atoms with Crippen molar-refractivity contribution in [2.45, 2.75) is 38.1 Å². The molecule has 0 aromatic heterocycles. The Morgan fingerprint density at radius 1 is 1.47 bits per heavy atom. The van der Waals surface area contributed by atoms with Gasteiger partial charge in [-0.3, -0.25) is 4.79 Å². The Balaban J connectivity index is 2.73. The summed E-state index contributed by atoms with van der Waals surface area (Å²) >= 11 is 3.42. The third-order valence-electron chi connectivity index (χ3n) is 2.42. The van der Waals surface area contributed by atoms with E-state index >= 15 is 0 Å². The molecular weight excluding hydrogens is 285 g/mol. The fourth-order valence-electron chi connectivity index (χ4n) is 1.66. The summed E-state index contributed by atoms with van der Waals surface area (Å²) in [5.74, 6) is -0.834. The first-order chi connectivity index (χ1) is 7.90. The van der Waals surface area contributed by atoms with Gasteiger partial charge in [0.15, 0.2) is 0 Å². The zero-order valence-corrected chi connectivity index (χ0v) is 11.8. The predicted molar refractivity (Wildman–Crippen MR) is 71.1 cm³/mol. The number of benzene rings is 1. The van der Waals surface area contributed by atoms with Crippen molar-refractivity contribution in [3.63, 3.8) is 0 Å². The van der Waals surface area contributed by atoms with Crippen LogP contribution in [0.4, 0.5) is 4.39 Å². The highest BCUT2D eigenvalue weighted by Crippen LogP contribution is 2.11. The Bertz CT molecular complexity index is 406. The number of hydrogen-bond acceptors (Lipinski definition) is 1. The molecule has 1 amide bonds. The van der Waals surface area contributed by atoms with Crippen LogP contribution in [0.5, 0.6) is 0 Å². The van der Waals surface area contributed by atoms with Crippen LogP contribution in [0.25, 0.3) is 0 Å². The minimum Gasteiger partial charge on any atom is -0.349 e. The maximum atomic E-state index is 13.5. The van der Waals surface area contributed by atoms with Gasteiger partial charge in [-0.2, -0.15) is 0 Å². The van der Waals surface area contributed by atoms with E-state index in [4.69, 9.17) is 0 Å². The number of halogens is 2. The second-order valence-corrected chi connectivity index (χ2v) is 5.94. The van der Waals surface area contributed by atoms with Crippen molar-refractivity contribution in [3.8, 4) is 0 Å². The van der Waals surface area contributed by atoms with Gasteiger partial charge in [0.2, 0.25) is 0 Å². The van der Waals surface area contributed by atoms with Gasteiger partial charge in [0, 0.05) is 10.9 Å². The summed E-state index contributed by atoms with van der Waals surface area (Å²) in [5, 5.41) is 2.79. The molecule has 2 unspecified atom stereocenters. The standard InChI is InChI=1S/C13H17BrFNO/c1-8-4-5-12(15)11(6-8)13(17)16-10(3)7-9(2)14/h4-6,9-10H,7H2,1-3H3,(H,16,17). The largest absolute Gasteiger partial charge is 0.349 e. The molecule has 1 N–H and O–H groups in total. The summed E-state index contributed by atoms with van der Waals surface area (Å²) in [6.07, 6.45) is 0.805. The second kappa shape index (κ2) is 6.15. The van der Waals surface area contributed by atoms with Crippen molar-refractivity contribution in [2.24, 2.45) is 0 Å². The van der Waals surface area contributed by atoms with E-state index in [1.807, 2.05) is 20.8 Å². The van der Waals surface area contributed by atoms with E-state index in [0.717, 1.165) is 12.0 Å². The number of amides is 1. The molecule has 1 aromatic rings. The molecular formula is C13H17BrFNO. The van der Waals surface area contributed by atoms with E-state index < -0.39 is 5.82 Å². The monoisotopic (exact) mass is 301 g/mol. The van der Waals surface area contributed by atoms with E-state index in [-0.39, 0.29) is 17.5 Å². The molecule has 2 atom stereocenters. The SMILES string of the molecule is Cc1ccc(F)c(C(=O)NC(C)CC(C)Br)c1. The van der Waals surface area contributed by atoms with Gasteiger partial charge in [-0.25, -0.2) is 4.39 Å². The lowest BCUT2D eigenvalue weighted by Crippen LogP contribution is -2.34. The van der Waals surface area contributed by atoms with Crippen molar-refractivity contribution in [1.82, 2.24) is 5.32 Å². The zero-order valence-electron chi connectivity index (χ0n) is 10.3. The molecule has 2 nitrogen and oxygen atoms in total. The summed E-state index contributed by atoms with van der Waals surface area (Å²) in [6, 6.07) is 4.55. The zero-order chi connectivity index (χ0) is 13.0. The topological polar surface area (TPSA) is 29.1 Å². The molecule has 0 aliphatic carbocycles. The van der Waals surface area contributed by atoms with Gasteiger partial charge in [0.1, 0.15) is 5.82 Å². The van der Waals surface area contributed by atoms with Crippen LogP contribution in [-0.4, -0.2) is 16.8 Å². The molecule has 1 rings (SSSR count). The van der Waals surface area contributed by atoms with E-state index in [9.17, 15) is 9.18 Å². The van der Waals surface area contributed by atoms with E-state index in [2.05, 4.69) is 21.2 Å². The Morgan fingerprint density at radius 3 is 2.71 bits per heavy atom. The van der Waals surface area contributed by atoms with Crippen molar-refractivity contribution in [3.05, 3.63) is 35.1 Å². The summed E-state index contributed by atoms with van der Waals surface area (Å²) in [5.41, 5.74) is 0.983. The van der Waals surface area contributed by atoms with Crippen LogP contribution in [0.15, 0.2) is 18.2 Å². The fraction of sp³-hybridized carbons (Fsp3) is 0.462. The van der Waals surface area contributed by atoms with Crippen LogP contribution in [0.1, 0.15) is 36.2 Å². The molecule has 1 aromatic carbocycles. The van der Waals surface area contributed by atoms with Crippen molar-refractivity contribution in [1.29, 1.82) is 0 Å².